The van der Waals surface area contributed by atoms with Gasteiger partial charge in [0.1, 0.15) is 5.60 Å². The molecular formula is C14H18Cl2O3. The number of ether oxygens (including phenoxy) is 1. The van der Waals surface area contributed by atoms with Gasteiger partial charge in [0.15, 0.2) is 0 Å². The van der Waals surface area contributed by atoms with Gasteiger partial charge in [0.25, 0.3) is 0 Å². The summed E-state index contributed by atoms with van der Waals surface area (Å²) in [5.74, 6) is -1.14. The Morgan fingerprint density at radius 2 is 1.84 bits per heavy atom. The van der Waals surface area contributed by atoms with Crippen LogP contribution in [0.1, 0.15) is 39.4 Å². The number of hydrogen-bond donors (Lipinski definition) is 1. The average Bonchev–Trinajstić information content (AvgIpc) is 2.28. The summed E-state index contributed by atoms with van der Waals surface area (Å²) in [7, 11) is 0. The largest absolute Gasteiger partial charge is 0.460 e. The van der Waals surface area contributed by atoms with Crippen molar-refractivity contribution in [3.05, 3.63) is 33.8 Å². The third kappa shape index (κ3) is 4.68. The zero-order valence-electron chi connectivity index (χ0n) is 11.4. The molecule has 0 aliphatic heterocycles. The van der Waals surface area contributed by atoms with Crippen molar-refractivity contribution in [2.75, 3.05) is 0 Å². The third-order valence-corrected chi connectivity index (χ3v) is 3.28. The predicted molar refractivity (Wildman–Crippen MR) is 76.4 cm³/mol. The Hall–Kier alpha value is -0.770. The van der Waals surface area contributed by atoms with E-state index in [1.807, 2.05) is 0 Å². The number of halogens is 2. The van der Waals surface area contributed by atoms with E-state index in [2.05, 4.69) is 0 Å². The van der Waals surface area contributed by atoms with Gasteiger partial charge in [-0.3, -0.25) is 4.79 Å². The van der Waals surface area contributed by atoms with Crippen LogP contribution in [0, 0.1) is 5.92 Å². The minimum absolute atomic E-state index is 0.342. The van der Waals surface area contributed by atoms with Crippen LogP contribution >= 0.6 is 23.2 Å². The van der Waals surface area contributed by atoms with Gasteiger partial charge in [-0.1, -0.05) is 29.3 Å². The lowest BCUT2D eigenvalue weighted by atomic mass is 9.97. The quantitative estimate of drug-likeness (QED) is 0.858. The average molecular weight is 305 g/mol. The Labute approximate surface area is 123 Å². The molecule has 0 aromatic heterocycles. The fourth-order valence-corrected chi connectivity index (χ4v) is 1.82. The molecule has 19 heavy (non-hydrogen) atoms. The maximum Gasteiger partial charge on any atom is 0.312 e. The number of rotatable bonds is 3. The number of aliphatic hydroxyl groups excluding tert-OH is 1. The molecule has 2 atom stereocenters. The van der Waals surface area contributed by atoms with Crippen molar-refractivity contribution in [2.45, 2.75) is 39.4 Å². The summed E-state index contributed by atoms with van der Waals surface area (Å²) in [6, 6.07) is 4.78. The minimum Gasteiger partial charge on any atom is -0.460 e. The normalized spacial score (nSPS) is 14.9. The lowest BCUT2D eigenvalue weighted by molar-refractivity contribution is -0.163. The second-order valence-corrected chi connectivity index (χ2v) is 6.25. The van der Waals surface area contributed by atoms with Gasteiger partial charge in [0, 0.05) is 0 Å². The first kappa shape index (κ1) is 16.3. The molecule has 0 saturated heterocycles. The van der Waals surface area contributed by atoms with Crippen molar-refractivity contribution < 1.29 is 14.6 Å². The molecule has 5 heteroatoms. The van der Waals surface area contributed by atoms with Gasteiger partial charge >= 0.3 is 5.97 Å². The molecule has 1 rings (SSSR count). The molecule has 0 aliphatic carbocycles. The van der Waals surface area contributed by atoms with Gasteiger partial charge in [-0.2, -0.15) is 0 Å². The van der Waals surface area contributed by atoms with E-state index in [-0.39, 0.29) is 0 Å². The standard InChI is InChI=1S/C14H18Cl2O3/c1-8(13(18)19-14(2,3)4)12(17)9-5-6-10(15)11(16)7-9/h5-8,12,17H,1-4H3. The maximum absolute atomic E-state index is 11.9. The van der Waals surface area contributed by atoms with E-state index in [1.54, 1.807) is 45.9 Å². The third-order valence-electron chi connectivity index (χ3n) is 2.54. The van der Waals surface area contributed by atoms with Crippen LogP contribution in [0.15, 0.2) is 18.2 Å². The van der Waals surface area contributed by atoms with Crippen LogP contribution in [-0.2, 0) is 9.53 Å². The van der Waals surface area contributed by atoms with E-state index in [1.165, 1.54) is 0 Å². The van der Waals surface area contributed by atoms with Crippen molar-refractivity contribution >= 4 is 29.2 Å². The summed E-state index contributed by atoms with van der Waals surface area (Å²) in [5, 5.41) is 10.9. The Bertz CT molecular complexity index is 466. The molecule has 0 heterocycles. The van der Waals surface area contributed by atoms with Gasteiger partial charge < -0.3 is 9.84 Å². The number of aliphatic hydroxyl groups is 1. The highest BCUT2D eigenvalue weighted by Gasteiger charge is 2.28. The molecule has 0 aliphatic rings. The van der Waals surface area contributed by atoms with Crippen molar-refractivity contribution in [3.8, 4) is 0 Å². The molecule has 0 bridgehead atoms. The SMILES string of the molecule is CC(C(=O)OC(C)(C)C)C(O)c1ccc(Cl)c(Cl)c1. The molecule has 106 valence electrons. The minimum atomic E-state index is -0.982. The monoisotopic (exact) mass is 304 g/mol. The van der Waals surface area contributed by atoms with Crippen LogP contribution in [0.25, 0.3) is 0 Å². The fraction of sp³-hybridized carbons (Fsp3) is 0.500. The van der Waals surface area contributed by atoms with Crippen LogP contribution in [0.4, 0.5) is 0 Å². The molecule has 0 fully saturated rings. The Balaban J connectivity index is 2.84. The Morgan fingerprint density at radius 1 is 1.26 bits per heavy atom. The predicted octanol–water partition coefficient (Wildman–Crippen LogP) is 4.00. The summed E-state index contributed by atoms with van der Waals surface area (Å²) in [5.41, 5.74) is -0.0457. The lowest BCUT2D eigenvalue weighted by Crippen LogP contribution is -2.30. The molecular weight excluding hydrogens is 287 g/mol. The van der Waals surface area contributed by atoms with Gasteiger partial charge in [-0.25, -0.2) is 0 Å². The number of carbonyl (C=O) groups excluding carboxylic acids is 1. The van der Waals surface area contributed by atoms with Crippen molar-refractivity contribution in [1.29, 1.82) is 0 Å². The van der Waals surface area contributed by atoms with Crippen molar-refractivity contribution in [1.82, 2.24) is 0 Å². The fourth-order valence-electron chi connectivity index (χ4n) is 1.51. The summed E-state index contributed by atoms with van der Waals surface area (Å²) >= 11 is 11.7. The number of carbonyl (C=O) groups is 1. The first-order chi connectivity index (χ1) is 8.61. The second kappa shape index (κ2) is 6.12. The molecule has 1 N–H and O–H groups in total. The van der Waals surface area contributed by atoms with Gasteiger partial charge in [-0.15, -0.1) is 0 Å². The molecule has 0 spiro atoms. The second-order valence-electron chi connectivity index (χ2n) is 5.44. The first-order valence-corrected chi connectivity index (χ1v) is 6.73. The van der Waals surface area contributed by atoms with Crippen LogP contribution in [-0.4, -0.2) is 16.7 Å². The first-order valence-electron chi connectivity index (χ1n) is 5.97. The van der Waals surface area contributed by atoms with Crippen molar-refractivity contribution in [3.63, 3.8) is 0 Å². The van der Waals surface area contributed by atoms with Gasteiger partial charge in [0.05, 0.1) is 22.1 Å². The summed E-state index contributed by atoms with van der Waals surface area (Å²) < 4.78 is 5.24. The van der Waals surface area contributed by atoms with Gasteiger partial charge in [-0.05, 0) is 45.4 Å². The summed E-state index contributed by atoms with van der Waals surface area (Å²) in [4.78, 5) is 11.9. The highest BCUT2D eigenvalue weighted by molar-refractivity contribution is 6.42. The Morgan fingerprint density at radius 3 is 2.32 bits per heavy atom. The van der Waals surface area contributed by atoms with E-state index in [9.17, 15) is 9.90 Å². The molecule has 0 radical (unpaired) electrons. The van der Waals surface area contributed by atoms with Crippen LogP contribution in [0.2, 0.25) is 10.0 Å². The number of esters is 1. The number of hydrogen-bond acceptors (Lipinski definition) is 3. The Kier molecular flexibility index (Phi) is 5.25. The molecule has 0 amide bonds. The lowest BCUT2D eigenvalue weighted by Gasteiger charge is -2.24. The van der Waals surface area contributed by atoms with Crippen LogP contribution in [0.3, 0.4) is 0 Å². The smallest absolute Gasteiger partial charge is 0.312 e. The maximum atomic E-state index is 11.9. The molecule has 1 aromatic carbocycles. The van der Waals surface area contributed by atoms with Crippen molar-refractivity contribution in [2.24, 2.45) is 5.92 Å². The van der Waals surface area contributed by atoms with E-state index in [0.717, 1.165) is 0 Å². The van der Waals surface area contributed by atoms with E-state index < -0.39 is 23.6 Å². The van der Waals surface area contributed by atoms with Crippen LogP contribution < -0.4 is 0 Å². The topological polar surface area (TPSA) is 46.5 Å². The molecule has 3 nitrogen and oxygen atoms in total. The zero-order chi connectivity index (χ0) is 14.8. The zero-order valence-corrected chi connectivity index (χ0v) is 12.9. The van der Waals surface area contributed by atoms with E-state index in [0.29, 0.717) is 15.6 Å². The summed E-state index contributed by atoms with van der Waals surface area (Å²) in [6.07, 6.45) is -0.982. The van der Waals surface area contributed by atoms with E-state index >= 15 is 0 Å². The van der Waals surface area contributed by atoms with E-state index in [4.69, 9.17) is 27.9 Å². The van der Waals surface area contributed by atoms with Crippen LogP contribution in [0.5, 0.6) is 0 Å². The highest BCUT2D eigenvalue weighted by atomic mass is 35.5. The molecule has 1 aromatic rings. The summed E-state index contributed by atoms with van der Waals surface area (Å²) in [6.45, 7) is 6.96. The number of benzene rings is 1. The highest BCUT2D eigenvalue weighted by Crippen LogP contribution is 2.29. The molecule has 0 saturated carbocycles. The molecule has 2 unspecified atom stereocenters. The van der Waals surface area contributed by atoms with Gasteiger partial charge in [0.2, 0.25) is 0 Å².